The summed E-state index contributed by atoms with van der Waals surface area (Å²) in [6.45, 7) is 10.0. The van der Waals surface area contributed by atoms with E-state index in [-0.39, 0.29) is 0 Å². The maximum absolute atomic E-state index is 12.3. The number of piperidine rings is 1. The van der Waals surface area contributed by atoms with Crippen LogP contribution < -0.4 is 5.32 Å². The standard InChI is InChI=1S/C16H33N3O/c1-4-10-19(11-5-2)16(20)14-18-12-7-15(8-13-18)6-9-17-3/h15,17H,4-14H2,1-3H3. The first kappa shape index (κ1) is 17.4. The number of nitrogens with zero attached hydrogens (tertiary/aromatic N) is 2. The van der Waals surface area contributed by atoms with Crippen molar-refractivity contribution >= 4 is 5.91 Å². The third kappa shape index (κ3) is 6.23. The summed E-state index contributed by atoms with van der Waals surface area (Å²) in [4.78, 5) is 16.7. The van der Waals surface area contributed by atoms with Crippen LogP contribution in [0.25, 0.3) is 0 Å². The van der Waals surface area contributed by atoms with Crippen LogP contribution in [-0.4, -0.2) is 62.0 Å². The Morgan fingerprint density at radius 2 is 1.80 bits per heavy atom. The first-order valence-electron chi connectivity index (χ1n) is 8.35. The van der Waals surface area contributed by atoms with E-state index in [0.717, 1.165) is 51.5 Å². The number of hydrogen-bond donors (Lipinski definition) is 1. The normalized spacial score (nSPS) is 17.4. The molecule has 0 radical (unpaired) electrons. The van der Waals surface area contributed by atoms with Gasteiger partial charge in [0.15, 0.2) is 0 Å². The minimum atomic E-state index is 0.322. The molecule has 4 heteroatoms. The van der Waals surface area contributed by atoms with Crippen molar-refractivity contribution in [3.05, 3.63) is 0 Å². The average Bonchev–Trinajstić information content (AvgIpc) is 2.46. The van der Waals surface area contributed by atoms with Gasteiger partial charge in [0.2, 0.25) is 5.91 Å². The molecule has 0 unspecified atom stereocenters. The molecule has 20 heavy (non-hydrogen) atoms. The van der Waals surface area contributed by atoms with Gasteiger partial charge in [-0.1, -0.05) is 13.8 Å². The highest BCUT2D eigenvalue weighted by Crippen LogP contribution is 2.19. The number of amides is 1. The van der Waals surface area contributed by atoms with Gasteiger partial charge in [-0.15, -0.1) is 0 Å². The summed E-state index contributed by atoms with van der Waals surface area (Å²) in [6, 6.07) is 0. The van der Waals surface area contributed by atoms with Crippen LogP contribution in [0.5, 0.6) is 0 Å². The van der Waals surface area contributed by atoms with Crippen LogP contribution in [-0.2, 0) is 4.79 Å². The van der Waals surface area contributed by atoms with Crippen molar-refractivity contribution in [1.82, 2.24) is 15.1 Å². The van der Waals surface area contributed by atoms with E-state index in [9.17, 15) is 4.79 Å². The van der Waals surface area contributed by atoms with E-state index >= 15 is 0 Å². The lowest BCUT2D eigenvalue weighted by atomic mass is 9.93. The average molecular weight is 283 g/mol. The Labute approximate surface area is 124 Å². The summed E-state index contributed by atoms with van der Waals surface area (Å²) in [5, 5.41) is 3.23. The molecule has 4 nitrogen and oxygen atoms in total. The SMILES string of the molecule is CCCN(CCC)C(=O)CN1CCC(CCNC)CC1. The zero-order chi connectivity index (χ0) is 14.8. The maximum Gasteiger partial charge on any atom is 0.236 e. The zero-order valence-electron chi connectivity index (χ0n) is 13.7. The Bertz CT molecular complexity index is 256. The first-order chi connectivity index (χ1) is 9.71. The summed E-state index contributed by atoms with van der Waals surface area (Å²) in [7, 11) is 2.02. The molecule has 1 aliphatic heterocycles. The van der Waals surface area contributed by atoms with Gasteiger partial charge in [0, 0.05) is 13.1 Å². The Balaban J connectivity index is 2.29. The second-order valence-corrected chi connectivity index (χ2v) is 5.99. The number of likely N-dealkylation sites (tertiary alicyclic amines) is 1. The number of nitrogens with one attached hydrogen (secondary N) is 1. The van der Waals surface area contributed by atoms with Crippen LogP contribution in [0.15, 0.2) is 0 Å². The molecule has 0 aromatic rings. The second-order valence-electron chi connectivity index (χ2n) is 5.99. The van der Waals surface area contributed by atoms with Crippen LogP contribution in [0.1, 0.15) is 46.0 Å². The lowest BCUT2D eigenvalue weighted by Crippen LogP contribution is -2.44. The van der Waals surface area contributed by atoms with Crippen molar-refractivity contribution in [2.75, 3.05) is 46.3 Å². The van der Waals surface area contributed by atoms with Gasteiger partial charge >= 0.3 is 0 Å². The smallest absolute Gasteiger partial charge is 0.236 e. The van der Waals surface area contributed by atoms with E-state index < -0.39 is 0 Å². The molecular weight excluding hydrogens is 250 g/mol. The predicted octanol–water partition coefficient (Wildman–Crippen LogP) is 1.96. The Kier molecular flexibility index (Phi) is 8.86. The van der Waals surface area contributed by atoms with Crippen molar-refractivity contribution in [2.24, 2.45) is 5.92 Å². The Morgan fingerprint density at radius 3 is 2.30 bits per heavy atom. The van der Waals surface area contributed by atoms with Crippen molar-refractivity contribution < 1.29 is 4.79 Å². The number of carbonyl (C=O) groups is 1. The fourth-order valence-corrected chi connectivity index (χ4v) is 2.97. The number of hydrogen-bond acceptors (Lipinski definition) is 3. The third-order valence-electron chi connectivity index (χ3n) is 4.21. The first-order valence-corrected chi connectivity index (χ1v) is 8.35. The molecule has 118 valence electrons. The summed E-state index contributed by atoms with van der Waals surface area (Å²) in [6.07, 6.45) is 5.87. The second kappa shape index (κ2) is 10.2. The molecule has 0 aromatic carbocycles. The van der Waals surface area contributed by atoms with E-state index in [4.69, 9.17) is 0 Å². The topological polar surface area (TPSA) is 35.6 Å². The van der Waals surface area contributed by atoms with Crippen molar-refractivity contribution in [1.29, 1.82) is 0 Å². The van der Waals surface area contributed by atoms with Crippen molar-refractivity contribution in [2.45, 2.75) is 46.0 Å². The molecule has 0 bridgehead atoms. The predicted molar refractivity (Wildman–Crippen MR) is 84.9 cm³/mol. The Morgan fingerprint density at radius 1 is 1.20 bits per heavy atom. The van der Waals surface area contributed by atoms with Gasteiger partial charge in [-0.05, 0) is 64.7 Å². The van der Waals surface area contributed by atoms with Gasteiger partial charge in [0.25, 0.3) is 0 Å². The highest BCUT2D eigenvalue weighted by atomic mass is 16.2. The minimum Gasteiger partial charge on any atom is -0.342 e. The van der Waals surface area contributed by atoms with Gasteiger partial charge in [0.05, 0.1) is 6.54 Å². The molecule has 0 saturated carbocycles. The lowest BCUT2D eigenvalue weighted by Gasteiger charge is -2.33. The molecular formula is C16H33N3O. The van der Waals surface area contributed by atoms with Crippen LogP contribution >= 0.6 is 0 Å². The summed E-state index contributed by atoms with van der Waals surface area (Å²) in [5.41, 5.74) is 0. The number of rotatable bonds is 9. The molecule has 1 N–H and O–H groups in total. The van der Waals surface area contributed by atoms with Crippen LogP contribution in [0, 0.1) is 5.92 Å². The monoisotopic (exact) mass is 283 g/mol. The highest BCUT2D eigenvalue weighted by molar-refractivity contribution is 5.78. The molecule has 0 aromatic heterocycles. The van der Waals surface area contributed by atoms with Gasteiger partial charge in [-0.3, -0.25) is 9.69 Å². The van der Waals surface area contributed by atoms with Gasteiger partial charge in [-0.2, -0.15) is 0 Å². The van der Waals surface area contributed by atoms with E-state index in [1.165, 1.54) is 19.3 Å². The molecule has 0 aliphatic carbocycles. The lowest BCUT2D eigenvalue weighted by molar-refractivity contribution is -0.132. The molecule has 0 spiro atoms. The fraction of sp³-hybridized carbons (Fsp3) is 0.938. The molecule has 1 amide bonds. The highest BCUT2D eigenvalue weighted by Gasteiger charge is 2.22. The molecule has 1 rings (SSSR count). The maximum atomic E-state index is 12.3. The molecule has 1 heterocycles. The molecule has 1 aliphatic rings. The van der Waals surface area contributed by atoms with Crippen molar-refractivity contribution in [3.8, 4) is 0 Å². The summed E-state index contributed by atoms with van der Waals surface area (Å²) < 4.78 is 0. The van der Waals surface area contributed by atoms with E-state index in [2.05, 4.69) is 24.1 Å². The number of carbonyl (C=O) groups excluding carboxylic acids is 1. The van der Waals surface area contributed by atoms with E-state index in [1.807, 2.05) is 11.9 Å². The molecule has 0 atom stereocenters. The van der Waals surface area contributed by atoms with Gasteiger partial charge in [0.1, 0.15) is 0 Å². The summed E-state index contributed by atoms with van der Waals surface area (Å²) in [5.74, 6) is 1.17. The van der Waals surface area contributed by atoms with Crippen LogP contribution in [0.3, 0.4) is 0 Å². The van der Waals surface area contributed by atoms with Crippen molar-refractivity contribution in [3.63, 3.8) is 0 Å². The van der Waals surface area contributed by atoms with E-state index in [0.29, 0.717) is 12.5 Å². The quantitative estimate of drug-likeness (QED) is 0.702. The third-order valence-corrected chi connectivity index (χ3v) is 4.21. The molecule has 1 fully saturated rings. The van der Waals surface area contributed by atoms with Gasteiger partial charge in [-0.25, -0.2) is 0 Å². The minimum absolute atomic E-state index is 0.322. The van der Waals surface area contributed by atoms with Crippen LogP contribution in [0.4, 0.5) is 0 Å². The van der Waals surface area contributed by atoms with E-state index in [1.54, 1.807) is 0 Å². The fourth-order valence-electron chi connectivity index (χ4n) is 2.97. The summed E-state index contributed by atoms with van der Waals surface area (Å²) >= 11 is 0. The van der Waals surface area contributed by atoms with Crippen LogP contribution in [0.2, 0.25) is 0 Å². The largest absolute Gasteiger partial charge is 0.342 e. The molecule has 1 saturated heterocycles. The Hall–Kier alpha value is -0.610. The zero-order valence-corrected chi connectivity index (χ0v) is 13.7. The van der Waals surface area contributed by atoms with Gasteiger partial charge < -0.3 is 10.2 Å².